The van der Waals surface area contributed by atoms with Crippen LogP contribution >= 0.6 is 0 Å². The van der Waals surface area contributed by atoms with Gasteiger partial charge in [0.05, 0.1) is 17.8 Å². The Kier molecular flexibility index (Phi) is 10.2. The fraction of sp³-hybridized carbons (Fsp3) is 0.550. The lowest BCUT2D eigenvalue weighted by Gasteiger charge is -2.13. The van der Waals surface area contributed by atoms with Gasteiger partial charge in [0.1, 0.15) is 25.5 Å². The number of fused-ring (bicyclic) bond motifs is 3. The van der Waals surface area contributed by atoms with Gasteiger partial charge < -0.3 is 9.30 Å². The van der Waals surface area contributed by atoms with Crippen molar-refractivity contribution in [3.63, 3.8) is 0 Å². The minimum Gasteiger partial charge on any atom is -0.488 e. The fourth-order valence-corrected chi connectivity index (χ4v) is 2.42. The molecule has 2 aromatic rings. The van der Waals surface area contributed by atoms with E-state index in [4.69, 9.17) is 12.6 Å². The van der Waals surface area contributed by atoms with Gasteiger partial charge in [0, 0.05) is 5.69 Å². The molecule has 0 saturated heterocycles. The van der Waals surface area contributed by atoms with Crippen LogP contribution in [0, 0.1) is 13.8 Å². The standard InChI is InChI=1S/C14H15BN2O.3C2H6/c1-8-7-17-10(3)9(2)16-14(17)12-6-11(15)4-5-13(12)18-8;3*1-2/h4-6,8H,7H2,1-3H3;3*1-2H3. The van der Waals surface area contributed by atoms with Crippen molar-refractivity contribution in [3.05, 3.63) is 29.6 Å². The highest BCUT2D eigenvalue weighted by atomic mass is 16.5. The number of aromatic nitrogens is 2. The highest BCUT2D eigenvalue weighted by molar-refractivity contribution is 6.32. The van der Waals surface area contributed by atoms with Gasteiger partial charge in [-0.05, 0) is 26.8 Å². The van der Waals surface area contributed by atoms with Crippen LogP contribution in [0.5, 0.6) is 5.75 Å². The summed E-state index contributed by atoms with van der Waals surface area (Å²) >= 11 is 0. The van der Waals surface area contributed by atoms with Crippen molar-refractivity contribution >= 4 is 13.3 Å². The summed E-state index contributed by atoms with van der Waals surface area (Å²) in [5.74, 6) is 1.82. The molecule has 1 aliphatic rings. The van der Waals surface area contributed by atoms with Gasteiger partial charge in [-0.3, -0.25) is 0 Å². The maximum atomic E-state index is 5.93. The van der Waals surface area contributed by atoms with Crippen molar-refractivity contribution in [2.75, 3.05) is 0 Å². The van der Waals surface area contributed by atoms with Crippen LogP contribution in [0.4, 0.5) is 0 Å². The Morgan fingerprint density at radius 1 is 1.08 bits per heavy atom. The van der Waals surface area contributed by atoms with E-state index in [1.807, 2.05) is 66.7 Å². The van der Waals surface area contributed by atoms with Crippen molar-refractivity contribution in [1.29, 1.82) is 0 Å². The summed E-state index contributed by atoms with van der Waals surface area (Å²) in [7, 11) is 5.88. The van der Waals surface area contributed by atoms with Gasteiger partial charge in [-0.25, -0.2) is 4.98 Å². The second kappa shape index (κ2) is 11.0. The first-order valence-corrected chi connectivity index (χ1v) is 9.16. The monoisotopic (exact) mass is 328 g/mol. The Labute approximate surface area is 149 Å². The topological polar surface area (TPSA) is 27.1 Å². The molecule has 0 bridgehead atoms. The number of rotatable bonds is 0. The van der Waals surface area contributed by atoms with Gasteiger partial charge in [0.2, 0.25) is 0 Å². The zero-order chi connectivity index (χ0) is 18.9. The largest absolute Gasteiger partial charge is 0.488 e. The minimum absolute atomic E-state index is 0.126. The molecule has 3 rings (SSSR count). The molecular weight excluding hydrogens is 295 g/mol. The molecule has 2 heterocycles. The molecule has 3 nitrogen and oxygen atoms in total. The van der Waals surface area contributed by atoms with E-state index >= 15 is 0 Å². The zero-order valence-corrected chi connectivity index (χ0v) is 16.9. The van der Waals surface area contributed by atoms with Crippen molar-refractivity contribution < 1.29 is 4.74 Å². The molecule has 0 amide bonds. The van der Waals surface area contributed by atoms with Gasteiger partial charge in [0.15, 0.2) is 0 Å². The van der Waals surface area contributed by atoms with E-state index < -0.39 is 0 Å². The van der Waals surface area contributed by atoms with E-state index in [9.17, 15) is 0 Å². The van der Waals surface area contributed by atoms with Crippen LogP contribution in [0.2, 0.25) is 0 Å². The number of aryl methyl sites for hydroxylation is 1. The number of ether oxygens (including phenoxy) is 1. The SMILES string of the molecule is CC.CC.CC.[B]c1ccc2c(c1)-c1nc(C)c(C)n1CC(C)O2. The van der Waals surface area contributed by atoms with Gasteiger partial charge in [-0.1, -0.05) is 59.1 Å². The van der Waals surface area contributed by atoms with Crippen molar-refractivity contribution in [2.45, 2.75) is 75.0 Å². The molecular formula is C20H33BN2O. The lowest BCUT2D eigenvalue weighted by molar-refractivity contribution is 0.205. The number of imidazole rings is 1. The van der Waals surface area contributed by atoms with Crippen molar-refractivity contribution in [3.8, 4) is 17.1 Å². The lowest BCUT2D eigenvalue weighted by Crippen LogP contribution is -2.18. The van der Waals surface area contributed by atoms with E-state index in [0.717, 1.165) is 34.8 Å². The molecule has 1 aliphatic heterocycles. The Hall–Kier alpha value is -1.71. The van der Waals surface area contributed by atoms with Crippen LogP contribution in [0.15, 0.2) is 18.2 Å². The molecule has 0 saturated carbocycles. The molecule has 24 heavy (non-hydrogen) atoms. The van der Waals surface area contributed by atoms with E-state index in [2.05, 4.69) is 23.4 Å². The summed E-state index contributed by atoms with van der Waals surface area (Å²) in [6.07, 6.45) is 0.126. The first-order valence-electron chi connectivity index (χ1n) is 9.16. The Morgan fingerprint density at radius 2 is 1.67 bits per heavy atom. The second-order valence-electron chi connectivity index (χ2n) is 4.90. The predicted molar refractivity (Wildman–Crippen MR) is 107 cm³/mol. The molecule has 4 heteroatoms. The third-order valence-electron chi connectivity index (χ3n) is 3.47. The molecule has 0 fully saturated rings. The highest BCUT2D eigenvalue weighted by Gasteiger charge is 2.23. The molecule has 1 atom stereocenters. The zero-order valence-electron chi connectivity index (χ0n) is 16.9. The summed E-state index contributed by atoms with van der Waals surface area (Å²) in [4.78, 5) is 4.66. The number of nitrogens with zero attached hydrogens (tertiary/aromatic N) is 2. The van der Waals surface area contributed by atoms with Crippen LogP contribution in [0.3, 0.4) is 0 Å². The molecule has 132 valence electrons. The first kappa shape index (κ1) is 22.3. The summed E-state index contributed by atoms with van der Waals surface area (Å²) in [6.45, 7) is 19.0. The Balaban J connectivity index is 0.000000798. The number of hydrogen-bond donors (Lipinski definition) is 0. The number of hydrogen-bond acceptors (Lipinski definition) is 2. The van der Waals surface area contributed by atoms with Crippen molar-refractivity contribution in [2.24, 2.45) is 0 Å². The third kappa shape index (κ3) is 4.89. The molecule has 0 N–H and O–H groups in total. The smallest absolute Gasteiger partial charge is 0.144 e. The predicted octanol–water partition coefficient (Wildman–Crippen LogP) is 4.82. The normalized spacial score (nSPS) is 14.0. The van der Waals surface area contributed by atoms with Crippen LogP contribution in [-0.4, -0.2) is 23.5 Å². The fourth-order valence-electron chi connectivity index (χ4n) is 2.42. The summed E-state index contributed by atoms with van der Waals surface area (Å²) in [5.41, 5.74) is 3.97. The molecule has 1 aromatic heterocycles. The number of benzene rings is 1. The van der Waals surface area contributed by atoms with Crippen molar-refractivity contribution in [1.82, 2.24) is 9.55 Å². The molecule has 1 aromatic carbocycles. The van der Waals surface area contributed by atoms with Gasteiger partial charge in [-0.15, -0.1) is 0 Å². The third-order valence-corrected chi connectivity index (χ3v) is 3.47. The minimum atomic E-state index is 0.126. The first-order chi connectivity index (χ1) is 11.6. The van der Waals surface area contributed by atoms with Crippen LogP contribution in [0.1, 0.15) is 59.9 Å². The van der Waals surface area contributed by atoms with Crippen LogP contribution in [0.25, 0.3) is 11.4 Å². The van der Waals surface area contributed by atoms with E-state index in [1.54, 1.807) is 0 Å². The van der Waals surface area contributed by atoms with E-state index in [-0.39, 0.29) is 6.10 Å². The molecule has 0 spiro atoms. The van der Waals surface area contributed by atoms with E-state index in [0.29, 0.717) is 0 Å². The average Bonchev–Trinajstić information content (AvgIpc) is 2.81. The van der Waals surface area contributed by atoms with Gasteiger partial charge in [0.25, 0.3) is 0 Å². The van der Waals surface area contributed by atoms with E-state index in [1.165, 1.54) is 5.69 Å². The lowest BCUT2D eigenvalue weighted by atomic mass is 9.94. The van der Waals surface area contributed by atoms with Crippen LogP contribution < -0.4 is 10.2 Å². The quantitative estimate of drug-likeness (QED) is 0.648. The van der Waals surface area contributed by atoms with Crippen LogP contribution in [-0.2, 0) is 6.54 Å². The Morgan fingerprint density at radius 3 is 2.25 bits per heavy atom. The summed E-state index contributed by atoms with van der Waals surface area (Å²) in [5, 5.41) is 0. The maximum Gasteiger partial charge on any atom is 0.144 e. The molecule has 2 radical (unpaired) electrons. The summed E-state index contributed by atoms with van der Waals surface area (Å²) in [6, 6.07) is 5.73. The van der Waals surface area contributed by atoms with Gasteiger partial charge in [-0.2, -0.15) is 0 Å². The summed E-state index contributed by atoms with van der Waals surface area (Å²) < 4.78 is 8.14. The maximum absolute atomic E-state index is 5.93. The molecule has 1 unspecified atom stereocenters. The molecule has 0 aliphatic carbocycles. The Bertz CT molecular complexity index is 620. The highest BCUT2D eigenvalue weighted by Crippen LogP contribution is 2.33. The van der Waals surface area contributed by atoms with Gasteiger partial charge >= 0.3 is 0 Å². The average molecular weight is 328 g/mol. The second-order valence-corrected chi connectivity index (χ2v) is 4.90.